The minimum atomic E-state index is -0.757. The van der Waals surface area contributed by atoms with Crippen LogP contribution in [0.5, 0.6) is 5.75 Å². The van der Waals surface area contributed by atoms with Gasteiger partial charge in [0.2, 0.25) is 0 Å². The van der Waals surface area contributed by atoms with Crippen molar-refractivity contribution in [2.45, 2.75) is 59.0 Å². The number of ether oxygens (including phenoxy) is 1. The molecule has 1 N–H and O–H groups in total. The molecule has 1 rings (SSSR count). The molecule has 0 heterocycles. The van der Waals surface area contributed by atoms with Crippen molar-refractivity contribution in [3.63, 3.8) is 0 Å². The smallest absolute Gasteiger partial charge is 0.125 e. The molecule has 0 aliphatic carbocycles. The van der Waals surface area contributed by atoms with Crippen molar-refractivity contribution in [2.24, 2.45) is 0 Å². The number of aryl methyl sites for hydroxylation is 2. The third-order valence-corrected chi connectivity index (χ3v) is 3.46. The molecular weight excluding hydrogens is 224 g/mol. The van der Waals surface area contributed by atoms with Gasteiger partial charge in [-0.15, -0.1) is 0 Å². The Morgan fingerprint density at radius 1 is 1.11 bits per heavy atom. The highest BCUT2D eigenvalue weighted by Crippen LogP contribution is 2.40. The van der Waals surface area contributed by atoms with Crippen molar-refractivity contribution >= 4 is 0 Å². The van der Waals surface area contributed by atoms with Crippen molar-refractivity contribution in [1.82, 2.24) is 0 Å². The van der Waals surface area contributed by atoms with Crippen LogP contribution in [0.3, 0.4) is 0 Å². The summed E-state index contributed by atoms with van der Waals surface area (Å²) in [5.41, 5.74) is 2.51. The Hall–Kier alpha value is -1.02. The van der Waals surface area contributed by atoms with Crippen LogP contribution in [-0.4, -0.2) is 12.2 Å². The fourth-order valence-electron chi connectivity index (χ4n) is 2.89. The Bertz CT molecular complexity index is 390. The molecule has 1 aromatic carbocycles. The maximum absolute atomic E-state index is 11.0. The van der Waals surface area contributed by atoms with Crippen LogP contribution in [0.4, 0.5) is 0 Å². The molecule has 1 aromatic rings. The van der Waals surface area contributed by atoms with Gasteiger partial charge in [-0.05, 0) is 43.9 Å². The largest absolute Gasteiger partial charge is 0.496 e. The van der Waals surface area contributed by atoms with Crippen LogP contribution in [0, 0.1) is 13.8 Å². The van der Waals surface area contributed by atoms with Crippen LogP contribution >= 0.6 is 0 Å². The zero-order valence-electron chi connectivity index (χ0n) is 12.3. The lowest BCUT2D eigenvalue weighted by molar-refractivity contribution is 0.0142. The molecule has 0 saturated heterocycles. The summed E-state index contributed by atoms with van der Waals surface area (Å²) in [4.78, 5) is 0. The quantitative estimate of drug-likeness (QED) is 0.823. The molecule has 0 bridgehead atoms. The van der Waals surface area contributed by atoms with Crippen LogP contribution in [0.25, 0.3) is 0 Å². The molecular formula is C16H26O2. The van der Waals surface area contributed by atoms with Crippen LogP contribution < -0.4 is 4.74 Å². The van der Waals surface area contributed by atoms with Gasteiger partial charge in [0.15, 0.2) is 0 Å². The summed E-state index contributed by atoms with van der Waals surface area (Å²) in [6, 6.07) is 4.13. The first-order valence-electron chi connectivity index (χ1n) is 6.86. The average molecular weight is 250 g/mol. The van der Waals surface area contributed by atoms with Gasteiger partial charge in [-0.2, -0.15) is 0 Å². The Labute approximate surface area is 111 Å². The molecule has 18 heavy (non-hydrogen) atoms. The predicted molar refractivity (Wildman–Crippen MR) is 76.2 cm³/mol. The number of aliphatic hydroxyl groups is 1. The van der Waals surface area contributed by atoms with E-state index in [-0.39, 0.29) is 0 Å². The second kappa shape index (κ2) is 6.24. The fraction of sp³-hybridized carbons (Fsp3) is 0.625. The molecule has 0 radical (unpaired) electrons. The highest BCUT2D eigenvalue weighted by atomic mass is 16.5. The van der Waals surface area contributed by atoms with Crippen LogP contribution in [0.2, 0.25) is 0 Å². The van der Waals surface area contributed by atoms with E-state index >= 15 is 0 Å². The van der Waals surface area contributed by atoms with Crippen molar-refractivity contribution in [1.29, 1.82) is 0 Å². The highest BCUT2D eigenvalue weighted by molar-refractivity contribution is 5.46. The number of rotatable bonds is 6. The van der Waals surface area contributed by atoms with E-state index < -0.39 is 5.60 Å². The molecule has 0 aliphatic heterocycles. The summed E-state index contributed by atoms with van der Waals surface area (Å²) in [5, 5.41) is 11.0. The standard InChI is InChI=1S/C16H26O2/c1-6-8-16(17,9-7-2)15-13(4)10-12(3)11-14(15)18-5/h10-11,17H,6-9H2,1-5H3. The van der Waals surface area contributed by atoms with Gasteiger partial charge in [0.1, 0.15) is 5.75 Å². The first-order chi connectivity index (χ1) is 8.48. The van der Waals surface area contributed by atoms with E-state index in [1.165, 1.54) is 5.56 Å². The number of methoxy groups -OCH3 is 1. The van der Waals surface area contributed by atoms with E-state index in [2.05, 4.69) is 33.8 Å². The van der Waals surface area contributed by atoms with Gasteiger partial charge in [0.25, 0.3) is 0 Å². The van der Waals surface area contributed by atoms with Gasteiger partial charge < -0.3 is 9.84 Å². The topological polar surface area (TPSA) is 29.5 Å². The average Bonchev–Trinajstić information content (AvgIpc) is 2.28. The molecule has 0 spiro atoms. The van der Waals surface area contributed by atoms with Gasteiger partial charge in [-0.25, -0.2) is 0 Å². The second-order valence-corrected chi connectivity index (χ2v) is 5.19. The van der Waals surface area contributed by atoms with E-state index in [0.717, 1.165) is 42.6 Å². The normalized spacial score (nSPS) is 11.7. The summed E-state index contributed by atoms with van der Waals surface area (Å²) in [5.74, 6) is 0.817. The Kier molecular flexibility index (Phi) is 5.21. The molecule has 0 saturated carbocycles. The monoisotopic (exact) mass is 250 g/mol. The predicted octanol–water partition coefficient (Wildman–Crippen LogP) is 4.10. The van der Waals surface area contributed by atoms with E-state index in [9.17, 15) is 5.11 Å². The molecule has 2 nitrogen and oxygen atoms in total. The Morgan fingerprint density at radius 3 is 2.11 bits per heavy atom. The lowest BCUT2D eigenvalue weighted by Crippen LogP contribution is -2.27. The SMILES string of the molecule is CCCC(O)(CCC)c1c(C)cc(C)cc1OC. The van der Waals surface area contributed by atoms with E-state index in [4.69, 9.17) is 4.74 Å². The summed E-state index contributed by atoms with van der Waals surface area (Å²) in [6.45, 7) is 8.33. The number of benzene rings is 1. The maximum Gasteiger partial charge on any atom is 0.125 e. The number of hydrogen-bond donors (Lipinski definition) is 1. The Morgan fingerprint density at radius 2 is 1.67 bits per heavy atom. The summed E-state index contributed by atoms with van der Waals surface area (Å²) < 4.78 is 5.49. The van der Waals surface area contributed by atoms with Crippen LogP contribution in [-0.2, 0) is 5.60 Å². The zero-order valence-corrected chi connectivity index (χ0v) is 12.3. The summed E-state index contributed by atoms with van der Waals surface area (Å²) in [7, 11) is 1.68. The summed E-state index contributed by atoms with van der Waals surface area (Å²) >= 11 is 0. The third kappa shape index (κ3) is 3.05. The molecule has 2 heteroatoms. The molecule has 0 aliphatic rings. The molecule has 102 valence electrons. The molecule has 0 aromatic heterocycles. The molecule has 0 fully saturated rings. The van der Waals surface area contributed by atoms with Gasteiger partial charge in [-0.1, -0.05) is 32.8 Å². The Balaban J connectivity index is 3.34. The lowest BCUT2D eigenvalue weighted by atomic mass is 9.82. The molecule has 0 atom stereocenters. The van der Waals surface area contributed by atoms with Gasteiger partial charge >= 0.3 is 0 Å². The van der Waals surface area contributed by atoms with Crippen LogP contribution in [0.15, 0.2) is 12.1 Å². The number of hydrogen-bond acceptors (Lipinski definition) is 2. The van der Waals surface area contributed by atoms with E-state index in [1.54, 1.807) is 7.11 Å². The molecule has 0 unspecified atom stereocenters. The van der Waals surface area contributed by atoms with E-state index in [0.29, 0.717) is 0 Å². The minimum absolute atomic E-state index is 0.757. The minimum Gasteiger partial charge on any atom is -0.496 e. The first kappa shape index (κ1) is 15.0. The summed E-state index contributed by atoms with van der Waals surface area (Å²) in [6.07, 6.45) is 3.49. The maximum atomic E-state index is 11.0. The zero-order chi connectivity index (χ0) is 13.8. The highest BCUT2D eigenvalue weighted by Gasteiger charge is 2.32. The van der Waals surface area contributed by atoms with E-state index in [1.807, 2.05) is 6.07 Å². The van der Waals surface area contributed by atoms with Crippen molar-refractivity contribution in [3.8, 4) is 5.75 Å². The van der Waals surface area contributed by atoms with Crippen molar-refractivity contribution in [3.05, 3.63) is 28.8 Å². The lowest BCUT2D eigenvalue weighted by Gasteiger charge is -2.31. The van der Waals surface area contributed by atoms with Gasteiger partial charge in [-0.3, -0.25) is 0 Å². The molecule has 0 amide bonds. The van der Waals surface area contributed by atoms with Crippen molar-refractivity contribution < 1.29 is 9.84 Å². The van der Waals surface area contributed by atoms with Gasteiger partial charge in [0, 0.05) is 5.56 Å². The third-order valence-electron chi connectivity index (χ3n) is 3.46. The fourth-order valence-corrected chi connectivity index (χ4v) is 2.89. The van der Waals surface area contributed by atoms with Gasteiger partial charge in [0.05, 0.1) is 12.7 Å². The van der Waals surface area contributed by atoms with Crippen LogP contribution in [0.1, 0.15) is 56.2 Å². The second-order valence-electron chi connectivity index (χ2n) is 5.19. The van der Waals surface area contributed by atoms with Crippen molar-refractivity contribution in [2.75, 3.05) is 7.11 Å². The first-order valence-corrected chi connectivity index (χ1v) is 6.86.